The molecule has 1 fully saturated rings. The minimum Gasteiger partial charge on any atom is -0.375 e. The quantitative estimate of drug-likeness (QED) is 0.431. The van der Waals surface area contributed by atoms with E-state index in [4.69, 9.17) is 0 Å². The lowest BCUT2D eigenvalue weighted by atomic mass is 9.92. The molecule has 9 heteroatoms. The molecule has 0 spiro atoms. The van der Waals surface area contributed by atoms with Crippen LogP contribution in [0.25, 0.3) is 22.2 Å². The Morgan fingerprint density at radius 3 is 2.67 bits per heavy atom. The molecule has 1 aliphatic carbocycles. The molecular formula is C24H27F3N6. The van der Waals surface area contributed by atoms with Crippen LogP contribution in [0.1, 0.15) is 46.5 Å². The van der Waals surface area contributed by atoms with Crippen LogP contribution in [0.2, 0.25) is 0 Å². The van der Waals surface area contributed by atoms with Gasteiger partial charge in [0, 0.05) is 47.9 Å². The molecule has 2 aromatic heterocycles. The molecule has 1 aromatic carbocycles. The molecule has 0 saturated heterocycles. The Hall–Kier alpha value is -3.10. The highest BCUT2D eigenvalue weighted by molar-refractivity contribution is 5.99. The molecule has 174 valence electrons. The zero-order chi connectivity index (χ0) is 23.3. The van der Waals surface area contributed by atoms with Crippen LogP contribution in [0.5, 0.6) is 0 Å². The molecule has 3 aromatic rings. The second-order valence-electron chi connectivity index (χ2n) is 9.41. The topological polar surface area (TPSA) is 78.0 Å². The zero-order valence-electron chi connectivity index (χ0n) is 18.8. The first-order chi connectivity index (χ1) is 15.7. The molecule has 0 bridgehead atoms. The normalized spacial score (nSPS) is 20.5. The number of halogens is 3. The first kappa shape index (κ1) is 21.7. The Labute approximate surface area is 190 Å². The number of hydrogen-bond donors (Lipinski definition) is 3. The number of alkyl halides is 2. The van der Waals surface area contributed by atoms with Crippen LogP contribution >= 0.6 is 0 Å². The molecule has 5 rings (SSSR count). The van der Waals surface area contributed by atoms with Crippen molar-refractivity contribution in [3.8, 4) is 11.1 Å². The van der Waals surface area contributed by atoms with Crippen molar-refractivity contribution in [3.05, 3.63) is 30.3 Å². The van der Waals surface area contributed by atoms with E-state index in [0.717, 1.165) is 16.7 Å². The van der Waals surface area contributed by atoms with E-state index in [0.29, 0.717) is 47.3 Å². The number of benzene rings is 1. The van der Waals surface area contributed by atoms with Crippen molar-refractivity contribution >= 4 is 34.1 Å². The van der Waals surface area contributed by atoms with Crippen molar-refractivity contribution in [1.82, 2.24) is 15.0 Å². The second-order valence-corrected chi connectivity index (χ2v) is 9.41. The van der Waals surface area contributed by atoms with E-state index in [1.165, 1.54) is 6.07 Å². The Morgan fingerprint density at radius 2 is 1.94 bits per heavy atom. The molecule has 2 aliphatic rings. The molecule has 33 heavy (non-hydrogen) atoms. The predicted molar refractivity (Wildman–Crippen MR) is 125 cm³/mol. The van der Waals surface area contributed by atoms with Crippen LogP contribution in [-0.2, 0) is 0 Å². The largest absolute Gasteiger partial charge is 0.375 e. The van der Waals surface area contributed by atoms with Crippen LogP contribution in [0.3, 0.4) is 0 Å². The molecule has 1 saturated carbocycles. The minimum atomic E-state index is -2.57. The van der Waals surface area contributed by atoms with Gasteiger partial charge in [0.1, 0.15) is 11.3 Å². The molecule has 6 nitrogen and oxygen atoms in total. The summed E-state index contributed by atoms with van der Waals surface area (Å²) in [4.78, 5) is 16.5. The van der Waals surface area contributed by atoms with Crippen molar-refractivity contribution in [2.45, 2.75) is 64.5 Å². The molecule has 0 amide bonds. The lowest BCUT2D eigenvalue weighted by Gasteiger charge is -2.29. The number of anilines is 2. The van der Waals surface area contributed by atoms with Crippen molar-refractivity contribution in [2.24, 2.45) is 10.9 Å². The number of nitrogens with zero attached hydrogens (tertiary/aromatic N) is 3. The van der Waals surface area contributed by atoms with E-state index in [1.807, 2.05) is 13.0 Å². The fraction of sp³-hybridized carbons (Fsp3) is 0.458. The third kappa shape index (κ3) is 4.16. The molecular weight excluding hydrogens is 429 g/mol. The highest BCUT2D eigenvalue weighted by Gasteiger charge is 2.35. The van der Waals surface area contributed by atoms with Crippen LogP contribution in [0.4, 0.5) is 30.5 Å². The van der Waals surface area contributed by atoms with Gasteiger partial charge in [0.15, 0.2) is 5.82 Å². The van der Waals surface area contributed by atoms with Gasteiger partial charge in [-0.05, 0) is 43.4 Å². The SMILES string of the molecule is CC1=Nc2c(F)cc(-c3c[nH]c4nc(NC5CCC(F)(F)CC5)ncc34)cc2N[C@H]1C(C)C. The van der Waals surface area contributed by atoms with Gasteiger partial charge in [-0.2, -0.15) is 4.98 Å². The predicted octanol–water partition coefficient (Wildman–Crippen LogP) is 6.30. The fourth-order valence-electron chi connectivity index (χ4n) is 4.73. The maximum Gasteiger partial charge on any atom is 0.248 e. The van der Waals surface area contributed by atoms with Gasteiger partial charge in [-0.1, -0.05) is 13.8 Å². The summed E-state index contributed by atoms with van der Waals surface area (Å²) in [5.74, 6) is -2.25. The van der Waals surface area contributed by atoms with Crippen molar-refractivity contribution in [3.63, 3.8) is 0 Å². The maximum atomic E-state index is 15.0. The standard InChI is InChI=1S/C24H27F3N6/c1-12(2)20-13(3)30-21-18(25)8-14(9-19(21)32-20)16-10-28-22-17(16)11-29-23(33-22)31-15-4-6-24(26,27)7-5-15/h8-12,15,20,32H,4-7H2,1-3H3,(H2,28,29,31,33)/t20-/m0/s1. The number of hydrogen-bond acceptors (Lipinski definition) is 5. The van der Waals surface area contributed by atoms with Crippen LogP contribution in [0, 0.1) is 11.7 Å². The monoisotopic (exact) mass is 456 g/mol. The summed E-state index contributed by atoms with van der Waals surface area (Å²) >= 11 is 0. The van der Waals surface area contributed by atoms with E-state index in [2.05, 4.69) is 44.4 Å². The number of nitrogens with one attached hydrogen (secondary N) is 3. The summed E-state index contributed by atoms with van der Waals surface area (Å²) in [6.07, 6.45) is 3.97. The van der Waals surface area contributed by atoms with Gasteiger partial charge < -0.3 is 15.6 Å². The highest BCUT2D eigenvalue weighted by atomic mass is 19.3. The van der Waals surface area contributed by atoms with Crippen LogP contribution in [-0.4, -0.2) is 38.7 Å². The Kier molecular flexibility index (Phi) is 5.29. The summed E-state index contributed by atoms with van der Waals surface area (Å²) in [7, 11) is 0. The van der Waals surface area contributed by atoms with Gasteiger partial charge in [0.25, 0.3) is 0 Å². The van der Waals surface area contributed by atoms with E-state index in [9.17, 15) is 13.2 Å². The maximum absolute atomic E-state index is 15.0. The smallest absolute Gasteiger partial charge is 0.248 e. The van der Waals surface area contributed by atoms with E-state index < -0.39 is 5.92 Å². The van der Waals surface area contributed by atoms with Gasteiger partial charge >= 0.3 is 0 Å². The van der Waals surface area contributed by atoms with Gasteiger partial charge in [-0.15, -0.1) is 0 Å². The highest BCUT2D eigenvalue weighted by Crippen LogP contribution is 2.39. The third-order valence-corrected chi connectivity index (χ3v) is 6.57. The number of aliphatic imine (C=N–C) groups is 1. The van der Waals surface area contributed by atoms with Gasteiger partial charge in [-0.3, -0.25) is 4.99 Å². The lowest BCUT2D eigenvalue weighted by Crippen LogP contribution is -2.35. The van der Waals surface area contributed by atoms with Gasteiger partial charge in [0.05, 0.1) is 11.7 Å². The van der Waals surface area contributed by atoms with Gasteiger partial charge in [-0.25, -0.2) is 18.2 Å². The molecule has 3 heterocycles. The third-order valence-electron chi connectivity index (χ3n) is 6.57. The molecule has 3 N–H and O–H groups in total. The second kappa shape index (κ2) is 8.04. The summed E-state index contributed by atoms with van der Waals surface area (Å²) in [6, 6.07) is 3.35. The summed E-state index contributed by atoms with van der Waals surface area (Å²) < 4.78 is 41.8. The Morgan fingerprint density at radius 1 is 1.18 bits per heavy atom. The van der Waals surface area contributed by atoms with Crippen LogP contribution in [0.15, 0.2) is 29.5 Å². The number of fused-ring (bicyclic) bond motifs is 2. The summed E-state index contributed by atoms with van der Waals surface area (Å²) in [5.41, 5.74) is 3.94. The van der Waals surface area contributed by atoms with Crippen molar-refractivity contribution < 1.29 is 13.2 Å². The van der Waals surface area contributed by atoms with Crippen molar-refractivity contribution in [2.75, 3.05) is 10.6 Å². The summed E-state index contributed by atoms with van der Waals surface area (Å²) in [6.45, 7) is 6.11. The average Bonchev–Trinajstić information content (AvgIpc) is 3.18. The first-order valence-corrected chi connectivity index (χ1v) is 11.3. The molecule has 1 aliphatic heterocycles. The van der Waals surface area contributed by atoms with E-state index in [1.54, 1.807) is 12.4 Å². The van der Waals surface area contributed by atoms with Gasteiger partial charge in [0.2, 0.25) is 11.9 Å². The number of rotatable bonds is 4. The zero-order valence-corrected chi connectivity index (χ0v) is 18.8. The number of H-pyrrole nitrogens is 1. The minimum absolute atomic E-state index is 0.0480. The van der Waals surface area contributed by atoms with Crippen LogP contribution < -0.4 is 10.6 Å². The summed E-state index contributed by atoms with van der Waals surface area (Å²) in [5, 5.41) is 7.35. The Balaban J connectivity index is 1.42. The van der Waals surface area contributed by atoms with E-state index >= 15 is 0 Å². The fourth-order valence-corrected chi connectivity index (χ4v) is 4.73. The molecule has 1 atom stereocenters. The first-order valence-electron chi connectivity index (χ1n) is 11.3. The molecule has 0 unspecified atom stereocenters. The Bertz CT molecular complexity index is 1220. The molecule has 0 radical (unpaired) electrons. The number of aromatic nitrogens is 3. The number of aromatic amines is 1. The average molecular weight is 457 g/mol. The lowest BCUT2D eigenvalue weighted by molar-refractivity contribution is -0.0361. The van der Waals surface area contributed by atoms with E-state index in [-0.39, 0.29) is 30.7 Å². The van der Waals surface area contributed by atoms with Crippen molar-refractivity contribution in [1.29, 1.82) is 0 Å².